The Morgan fingerprint density at radius 1 is 1.00 bits per heavy atom. The maximum Gasteiger partial charge on any atom is 0.193 e. The minimum absolute atomic E-state index is 0.0332. The minimum atomic E-state index is 0.0332. The predicted molar refractivity (Wildman–Crippen MR) is 106 cm³/mol. The molecule has 0 saturated carbocycles. The van der Waals surface area contributed by atoms with Crippen molar-refractivity contribution >= 4 is 17.1 Å². The van der Waals surface area contributed by atoms with E-state index < -0.39 is 0 Å². The lowest BCUT2D eigenvalue weighted by Gasteiger charge is -2.12. The first kappa shape index (κ1) is 17.0. The molecule has 3 nitrogen and oxygen atoms in total. The van der Waals surface area contributed by atoms with Crippen LogP contribution in [0.4, 0.5) is 0 Å². The number of ketones is 1. The number of rotatable bonds is 6. The third kappa shape index (κ3) is 3.87. The number of nitrogens with one attached hydrogen (secondary N) is 1. The smallest absolute Gasteiger partial charge is 0.193 e. The summed E-state index contributed by atoms with van der Waals surface area (Å²) in [6.07, 6.45) is 2.38. The van der Waals surface area contributed by atoms with Crippen LogP contribution in [0.3, 0.4) is 0 Å². The summed E-state index contributed by atoms with van der Waals surface area (Å²) in [6, 6.07) is 17.8. The first-order valence-electron chi connectivity index (χ1n) is 8.93. The lowest BCUT2D eigenvalue weighted by Crippen LogP contribution is -2.28. The van der Waals surface area contributed by atoms with Crippen LogP contribution in [0.2, 0.25) is 0 Å². The Morgan fingerprint density at radius 3 is 2.35 bits per heavy atom. The van der Waals surface area contributed by atoms with E-state index in [1.807, 2.05) is 48.5 Å². The van der Waals surface area contributed by atoms with Crippen molar-refractivity contribution in [3.8, 4) is 16.9 Å². The molecule has 1 atom stereocenters. The van der Waals surface area contributed by atoms with Gasteiger partial charge < -0.3 is 10.1 Å². The van der Waals surface area contributed by atoms with E-state index in [4.69, 9.17) is 4.74 Å². The van der Waals surface area contributed by atoms with Crippen molar-refractivity contribution in [3.05, 3.63) is 76.5 Å². The highest BCUT2D eigenvalue weighted by Crippen LogP contribution is 2.23. The SMILES string of the molecule is O=C(c1ccc(OCC2CCCN2)cc1)c1ccc(-c2ccsc2)cc1. The minimum Gasteiger partial charge on any atom is -0.492 e. The van der Waals surface area contributed by atoms with E-state index in [9.17, 15) is 4.79 Å². The fourth-order valence-corrected chi connectivity index (χ4v) is 3.87. The van der Waals surface area contributed by atoms with Gasteiger partial charge in [-0.15, -0.1) is 0 Å². The van der Waals surface area contributed by atoms with Gasteiger partial charge in [0.15, 0.2) is 5.78 Å². The number of benzene rings is 2. The van der Waals surface area contributed by atoms with Crippen LogP contribution in [0, 0.1) is 0 Å². The second kappa shape index (κ2) is 7.85. The summed E-state index contributed by atoms with van der Waals surface area (Å²) in [5.41, 5.74) is 3.70. The number of carbonyl (C=O) groups is 1. The molecule has 0 radical (unpaired) electrons. The highest BCUT2D eigenvalue weighted by Gasteiger charge is 2.15. The monoisotopic (exact) mass is 363 g/mol. The zero-order chi connectivity index (χ0) is 17.8. The standard InChI is InChI=1S/C22H21NO2S/c24-22(17-5-3-16(4-6-17)19-11-13-26-15-19)18-7-9-21(10-8-18)25-14-20-2-1-12-23-20/h3-11,13,15,20,23H,1-2,12,14H2. The average Bonchev–Trinajstić information content (AvgIpc) is 3.40. The second-order valence-electron chi connectivity index (χ2n) is 6.55. The molecule has 4 rings (SSSR count). The summed E-state index contributed by atoms with van der Waals surface area (Å²) in [5, 5.41) is 7.58. The summed E-state index contributed by atoms with van der Waals surface area (Å²) in [6.45, 7) is 1.75. The number of hydrogen-bond donors (Lipinski definition) is 1. The van der Waals surface area contributed by atoms with Crippen molar-refractivity contribution in [2.24, 2.45) is 0 Å². The molecule has 132 valence electrons. The first-order chi connectivity index (χ1) is 12.8. The van der Waals surface area contributed by atoms with Crippen LogP contribution in [-0.4, -0.2) is 25.0 Å². The van der Waals surface area contributed by atoms with Gasteiger partial charge in [-0.1, -0.05) is 24.3 Å². The van der Waals surface area contributed by atoms with Gasteiger partial charge in [0, 0.05) is 17.2 Å². The molecule has 2 aromatic carbocycles. The number of hydrogen-bond acceptors (Lipinski definition) is 4. The lowest BCUT2D eigenvalue weighted by atomic mass is 10.0. The highest BCUT2D eigenvalue weighted by molar-refractivity contribution is 7.08. The fraction of sp³-hybridized carbons (Fsp3) is 0.227. The van der Waals surface area contributed by atoms with E-state index in [0.29, 0.717) is 23.8 Å². The molecule has 1 N–H and O–H groups in total. The molecule has 1 aromatic heterocycles. The van der Waals surface area contributed by atoms with Crippen molar-refractivity contribution < 1.29 is 9.53 Å². The topological polar surface area (TPSA) is 38.3 Å². The highest BCUT2D eigenvalue weighted by atomic mass is 32.1. The van der Waals surface area contributed by atoms with Crippen molar-refractivity contribution in [2.45, 2.75) is 18.9 Å². The van der Waals surface area contributed by atoms with Crippen molar-refractivity contribution in [2.75, 3.05) is 13.2 Å². The lowest BCUT2D eigenvalue weighted by molar-refractivity contribution is 0.103. The Labute approximate surface area is 157 Å². The Kier molecular flexibility index (Phi) is 5.14. The molecule has 2 heterocycles. The van der Waals surface area contributed by atoms with Crippen LogP contribution in [0.15, 0.2) is 65.4 Å². The van der Waals surface area contributed by atoms with Gasteiger partial charge in [0.2, 0.25) is 0 Å². The normalized spacial score (nSPS) is 16.5. The zero-order valence-corrected chi connectivity index (χ0v) is 15.3. The summed E-state index contributed by atoms with van der Waals surface area (Å²) in [5.74, 6) is 0.842. The van der Waals surface area contributed by atoms with Crippen LogP contribution in [0.1, 0.15) is 28.8 Å². The summed E-state index contributed by atoms with van der Waals surface area (Å²) in [7, 11) is 0. The second-order valence-corrected chi connectivity index (χ2v) is 7.33. The predicted octanol–water partition coefficient (Wildman–Crippen LogP) is 4.78. The van der Waals surface area contributed by atoms with Gasteiger partial charge in [-0.2, -0.15) is 11.3 Å². The van der Waals surface area contributed by atoms with Crippen LogP contribution in [0.5, 0.6) is 5.75 Å². The van der Waals surface area contributed by atoms with Crippen molar-refractivity contribution in [3.63, 3.8) is 0 Å². The summed E-state index contributed by atoms with van der Waals surface area (Å²) in [4.78, 5) is 12.7. The molecule has 0 amide bonds. The van der Waals surface area contributed by atoms with Gasteiger partial charge in [0.25, 0.3) is 0 Å². The van der Waals surface area contributed by atoms with Gasteiger partial charge in [-0.05, 0) is 71.6 Å². The number of carbonyl (C=O) groups excluding carboxylic acids is 1. The van der Waals surface area contributed by atoms with E-state index in [2.05, 4.69) is 22.1 Å². The van der Waals surface area contributed by atoms with E-state index in [1.165, 1.54) is 12.0 Å². The fourth-order valence-electron chi connectivity index (χ4n) is 3.21. The number of thiophene rings is 1. The van der Waals surface area contributed by atoms with E-state index in [1.54, 1.807) is 11.3 Å². The molecular formula is C22H21NO2S. The molecule has 1 fully saturated rings. The molecule has 26 heavy (non-hydrogen) atoms. The zero-order valence-electron chi connectivity index (χ0n) is 14.5. The van der Waals surface area contributed by atoms with Gasteiger partial charge in [0.05, 0.1) is 0 Å². The summed E-state index contributed by atoms with van der Waals surface area (Å²) >= 11 is 1.67. The van der Waals surface area contributed by atoms with Crippen LogP contribution in [-0.2, 0) is 0 Å². The third-order valence-electron chi connectivity index (χ3n) is 4.73. The molecule has 1 aliphatic rings. The molecule has 0 spiro atoms. The van der Waals surface area contributed by atoms with Gasteiger partial charge in [-0.25, -0.2) is 0 Å². The Morgan fingerprint density at radius 2 is 1.73 bits per heavy atom. The van der Waals surface area contributed by atoms with E-state index in [-0.39, 0.29) is 5.78 Å². The average molecular weight is 363 g/mol. The Balaban J connectivity index is 1.41. The third-order valence-corrected chi connectivity index (χ3v) is 5.41. The molecule has 4 heteroatoms. The molecular weight excluding hydrogens is 342 g/mol. The summed E-state index contributed by atoms with van der Waals surface area (Å²) < 4.78 is 5.81. The molecule has 1 unspecified atom stereocenters. The van der Waals surface area contributed by atoms with Crippen molar-refractivity contribution in [1.82, 2.24) is 5.32 Å². The van der Waals surface area contributed by atoms with E-state index in [0.717, 1.165) is 24.3 Å². The van der Waals surface area contributed by atoms with Crippen molar-refractivity contribution in [1.29, 1.82) is 0 Å². The van der Waals surface area contributed by atoms with Crippen LogP contribution < -0.4 is 10.1 Å². The van der Waals surface area contributed by atoms with Crippen LogP contribution in [0.25, 0.3) is 11.1 Å². The Bertz CT molecular complexity index is 848. The quantitative estimate of drug-likeness (QED) is 0.641. The molecule has 1 saturated heterocycles. The van der Waals surface area contributed by atoms with Gasteiger partial charge >= 0.3 is 0 Å². The number of ether oxygens (including phenoxy) is 1. The molecule has 0 aliphatic carbocycles. The van der Waals surface area contributed by atoms with Gasteiger partial charge in [0.1, 0.15) is 12.4 Å². The van der Waals surface area contributed by atoms with Gasteiger partial charge in [-0.3, -0.25) is 4.79 Å². The molecule has 1 aliphatic heterocycles. The van der Waals surface area contributed by atoms with Crippen LogP contribution >= 0.6 is 11.3 Å². The largest absolute Gasteiger partial charge is 0.492 e. The maximum absolute atomic E-state index is 12.7. The Hall–Kier alpha value is -2.43. The molecule has 0 bridgehead atoms. The van der Waals surface area contributed by atoms with E-state index >= 15 is 0 Å². The maximum atomic E-state index is 12.7. The first-order valence-corrected chi connectivity index (χ1v) is 9.87. The molecule has 3 aromatic rings.